The van der Waals surface area contributed by atoms with Crippen LogP contribution in [0.4, 0.5) is 0 Å². The first-order valence-corrected chi connectivity index (χ1v) is 29.5. The summed E-state index contributed by atoms with van der Waals surface area (Å²) in [5.41, 5.74) is 0. The Morgan fingerprint density at radius 1 is 0.299 bits per heavy atom. The molecule has 0 radical (unpaired) electrons. The summed E-state index contributed by atoms with van der Waals surface area (Å²) in [5.74, 6) is -0.865. The van der Waals surface area contributed by atoms with Crippen molar-refractivity contribution in [3.05, 3.63) is 36.5 Å². The zero-order valence-electron chi connectivity index (χ0n) is 44.9. The van der Waals surface area contributed by atoms with Gasteiger partial charge in [0.05, 0.1) is 0 Å². The van der Waals surface area contributed by atoms with Crippen molar-refractivity contribution in [2.75, 3.05) is 13.2 Å². The topological polar surface area (TPSA) is 78.9 Å². The number of ether oxygens (including phenoxy) is 3. The van der Waals surface area contributed by atoms with Crippen molar-refractivity contribution in [3.63, 3.8) is 0 Å². The van der Waals surface area contributed by atoms with Crippen molar-refractivity contribution in [2.24, 2.45) is 0 Å². The zero-order chi connectivity index (χ0) is 48.6. The van der Waals surface area contributed by atoms with Crippen LogP contribution in [0, 0.1) is 0 Å². The van der Waals surface area contributed by atoms with E-state index < -0.39 is 6.10 Å². The normalized spacial score (nSPS) is 12.2. The van der Waals surface area contributed by atoms with Gasteiger partial charge in [-0.2, -0.15) is 0 Å². The van der Waals surface area contributed by atoms with Gasteiger partial charge in [-0.25, -0.2) is 0 Å². The first-order chi connectivity index (χ1) is 33.0. The summed E-state index contributed by atoms with van der Waals surface area (Å²) < 4.78 is 16.9. The number of rotatable bonds is 54. The highest BCUT2D eigenvalue weighted by molar-refractivity contribution is 5.71. The molecule has 0 aromatic heterocycles. The summed E-state index contributed by atoms with van der Waals surface area (Å²) in [6, 6.07) is 0. The molecule has 67 heavy (non-hydrogen) atoms. The number of esters is 3. The van der Waals surface area contributed by atoms with Gasteiger partial charge in [0, 0.05) is 19.3 Å². The van der Waals surface area contributed by atoms with Gasteiger partial charge in [0.25, 0.3) is 0 Å². The summed E-state index contributed by atoms with van der Waals surface area (Å²) >= 11 is 0. The van der Waals surface area contributed by atoms with Gasteiger partial charge in [-0.15, -0.1) is 0 Å². The number of carbonyl (C=O) groups is 3. The molecule has 0 aromatic rings. The van der Waals surface area contributed by atoms with E-state index >= 15 is 0 Å². The van der Waals surface area contributed by atoms with E-state index in [1.807, 2.05) is 0 Å². The van der Waals surface area contributed by atoms with Crippen molar-refractivity contribution in [3.8, 4) is 0 Å². The van der Waals surface area contributed by atoms with Crippen molar-refractivity contribution >= 4 is 17.9 Å². The molecule has 0 aliphatic heterocycles. The lowest BCUT2D eigenvalue weighted by Crippen LogP contribution is -2.30. The molecule has 0 saturated carbocycles. The fourth-order valence-electron chi connectivity index (χ4n) is 8.69. The Kier molecular flexibility index (Phi) is 54.2. The summed E-state index contributed by atoms with van der Waals surface area (Å²) in [7, 11) is 0. The molecule has 0 fully saturated rings. The Morgan fingerprint density at radius 2 is 0.537 bits per heavy atom. The van der Waals surface area contributed by atoms with E-state index in [0.29, 0.717) is 19.3 Å². The van der Waals surface area contributed by atoms with Gasteiger partial charge >= 0.3 is 17.9 Å². The first-order valence-electron chi connectivity index (χ1n) is 29.5. The van der Waals surface area contributed by atoms with Crippen molar-refractivity contribution in [1.82, 2.24) is 0 Å². The fourth-order valence-corrected chi connectivity index (χ4v) is 8.69. The molecule has 0 aliphatic carbocycles. The Balaban J connectivity index is 4.33. The summed E-state index contributed by atoms with van der Waals surface area (Å²) in [4.78, 5) is 38.1. The number of hydrogen-bond acceptors (Lipinski definition) is 6. The predicted molar refractivity (Wildman–Crippen MR) is 289 cm³/mol. The smallest absolute Gasteiger partial charge is 0.306 e. The average molecular weight is 942 g/mol. The maximum atomic E-state index is 12.9. The second-order valence-corrected chi connectivity index (χ2v) is 19.9. The highest BCUT2D eigenvalue weighted by Crippen LogP contribution is 2.17. The minimum absolute atomic E-state index is 0.0715. The molecular formula is C61H112O6. The van der Waals surface area contributed by atoms with Crippen LogP contribution < -0.4 is 0 Å². The van der Waals surface area contributed by atoms with Gasteiger partial charge in [-0.05, 0) is 57.8 Å². The van der Waals surface area contributed by atoms with Crippen LogP contribution in [0.3, 0.4) is 0 Å². The Bertz CT molecular complexity index is 1130. The first kappa shape index (κ1) is 64.6. The summed E-state index contributed by atoms with van der Waals surface area (Å²) in [6.07, 6.45) is 67.0. The minimum atomic E-state index is -0.773. The molecule has 0 N–H and O–H groups in total. The third-order valence-electron chi connectivity index (χ3n) is 13.1. The molecule has 392 valence electrons. The van der Waals surface area contributed by atoms with Crippen LogP contribution in [0.25, 0.3) is 0 Å². The SMILES string of the molecule is CCCCC/C=C\C/C=C\C/C=C\CCCCCCCCC(=O)OCC(COC(=O)CCCCCCCCCCCCCC)OC(=O)CCCCCCCCCCCCCCCCCCCC. The van der Waals surface area contributed by atoms with Gasteiger partial charge in [-0.1, -0.05) is 276 Å². The van der Waals surface area contributed by atoms with Crippen LogP contribution >= 0.6 is 0 Å². The predicted octanol–water partition coefficient (Wildman–Crippen LogP) is 19.7. The number of unbranched alkanes of at least 4 members (excludes halogenated alkanes) is 37. The maximum Gasteiger partial charge on any atom is 0.306 e. The summed E-state index contributed by atoms with van der Waals surface area (Å²) in [5, 5.41) is 0. The molecule has 6 nitrogen and oxygen atoms in total. The van der Waals surface area contributed by atoms with Gasteiger partial charge in [0.15, 0.2) is 6.10 Å². The van der Waals surface area contributed by atoms with E-state index in [0.717, 1.165) is 77.0 Å². The van der Waals surface area contributed by atoms with Crippen molar-refractivity contribution in [2.45, 2.75) is 322 Å². The van der Waals surface area contributed by atoms with E-state index in [-0.39, 0.29) is 31.1 Å². The Morgan fingerprint density at radius 3 is 0.866 bits per heavy atom. The van der Waals surface area contributed by atoms with E-state index in [2.05, 4.69) is 57.2 Å². The van der Waals surface area contributed by atoms with Crippen LogP contribution in [0.2, 0.25) is 0 Å². The third kappa shape index (κ3) is 54.4. The highest BCUT2D eigenvalue weighted by atomic mass is 16.6. The Labute approximate surface area is 416 Å². The standard InChI is InChI=1S/C61H112O6/c1-4-7-10-13-16-19-22-25-27-29-31-33-34-36-39-42-45-48-51-54-60(63)66-57-58(56-65-59(62)53-50-47-44-41-38-24-21-18-15-12-9-6-3)67-61(64)55-52-49-46-43-40-37-35-32-30-28-26-23-20-17-14-11-8-5-2/h16,19,25,27,31,33,58H,4-15,17-18,20-24,26,28-30,32,34-57H2,1-3H3/b19-16-,27-25-,33-31-. The number of allylic oxidation sites excluding steroid dienone is 6. The van der Waals surface area contributed by atoms with Gasteiger partial charge in [0.1, 0.15) is 13.2 Å². The lowest BCUT2D eigenvalue weighted by atomic mass is 10.0. The monoisotopic (exact) mass is 941 g/mol. The quantitative estimate of drug-likeness (QED) is 0.0262. The molecule has 0 rings (SSSR count). The van der Waals surface area contributed by atoms with Crippen molar-refractivity contribution < 1.29 is 28.6 Å². The third-order valence-corrected chi connectivity index (χ3v) is 13.1. The molecule has 6 heteroatoms. The van der Waals surface area contributed by atoms with E-state index in [1.165, 1.54) is 199 Å². The molecule has 0 bridgehead atoms. The van der Waals surface area contributed by atoms with Crippen LogP contribution in [0.15, 0.2) is 36.5 Å². The lowest BCUT2D eigenvalue weighted by molar-refractivity contribution is -0.167. The van der Waals surface area contributed by atoms with Crippen LogP contribution in [-0.4, -0.2) is 37.2 Å². The molecular weight excluding hydrogens is 829 g/mol. The van der Waals surface area contributed by atoms with E-state index in [9.17, 15) is 14.4 Å². The Hall–Kier alpha value is -2.37. The molecule has 0 spiro atoms. The summed E-state index contributed by atoms with van der Waals surface area (Å²) in [6.45, 7) is 6.64. The number of hydrogen-bond donors (Lipinski definition) is 0. The molecule has 0 amide bonds. The molecule has 1 unspecified atom stereocenters. The zero-order valence-corrected chi connectivity index (χ0v) is 44.9. The lowest BCUT2D eigenvalue weighted by Gasteiger charge is -2.18. The minimum Gasteiger partial charge on any atom is -0.462 e. The average Bonchev–Trinajstić information content (AvgIpc) is 3.33. The fraction of sp³-hybridized carbons (Fsp3) is 0.852. The highest BCUT2D eigenvalue weighted by Gasteiger charge is 2.19. The van der Waals surface area contributed by atoms with Gasteiger partial charge < -0.3 is 14.2 Å². The molecule has 1 atom stereocenters. The molecule has 0 aromatic carbocycles. The number of carbonyl (C=O) groups excluding carboxylic acids is 3. The van der Waals surface area contributed by atoms with E-state index in [4.69, 9.17) is 14.2 Å². The second kappa shape index (κ2) is 56.2. The molecule has 0 heterocycles. The maximum absolute atomic E-state index is 12.9. The second-order valence-electron chi connectivity index (χ2n) is 19.9. The van der Waals surface area contributed by atoms with Crippen LogP contribution in [0.1, 0.15) is 316 Å². The van der Waals surface area contributed by atoms with Crippen molar-refractivity contribution in [1.29, 1.82) is 0 Å². The molecule has 0 aliphatic rings. The van der Waals surface area contributed by atoms with E-state index in [1.54, 1.807) is 0 Å². The largest absolute Gasteiger partial charge is 0.462 e. The van der Waals surface area contributed by atoms with Gasteiger partial charge in [0.2, 0.25) is 0 Å². The van der Waals surface area contributed by atoms with Gasteiger partial charge in [-0.3, -0.25) is 14.4 Å². The van der Waals surface area contributed by atoms with Crippen LogP contribution in [0.5, 0.6) is 0 Å². The van der Waals surface area contributed by atoms with Crippen LogP contribution in [-0.2, 0) is 28.6 Å². The molecule has 0 saturated heterocycles.